The molecular formula is C23H42N4O5. The summed E-state index contributed by atoms with van der Waals surface area (Å²) in [6.07, 6.45) is 2.16. The zero-order valence-electron chi connectivity index (χ0n) is 20.4. The third-order valence-corrected chi connectivity index (χ3v) is 5.55. The third-order valence-electron chi connectivity index (χ3n) is 5.55. The van der Waals surface area contributed by atoms with Gasteiger partial charge >= 0.3 is 5.97 Å². The van der Waals surface area contributed by atoms with E-state index in [9.17, 15) is 19.2 Å². The molecule has 1 unspecified atom stereocenters. The van der Waals surface area contributed by atoms with E-state index in [2.05, 4.69) is 5.32 Å². The van der Waals surface area contributed by atoms with Crippen molar-refractivity contribution in [2.24, 2.45) is 17.1 Å². The van der Waals surface area contributed by atoms with E-state index in [1.165, 1.54) is 0 Å². The molecule has 1 aliphatic rings. The average molecular weight is 455 g/mol. The molecule has 2 amide bonds. The summed E-state index contributed by atoms with van der Waals surface area (Å²) >= 11 is 0. The van der Waals surface area contributed by atoms with Crippen LogP contribution in [0.25, 0.3) is 0 Å². The number of rotatable bonds is 12. The summed E-state index contributed by atoms with van der Waals surface area (Å²) in [6, 6.07) is -0.243. The molecule has 0 aliphatic carbocycles. The summed E-state index contributed by atoms with van der Waals surface area (Å²) in [7, 11) is 0. The van der Waals surface area contributed by atoms with Crippen LogP contribution in [0.2, 0.25) is 0 Å². The van der Waals surface area contributed by atoms with Gasteiger partial charge in [-0.25, -0.2) is 0 Å². The first-order chi connectivity index (χ1) is 15.0. The highest BCUT2D eigenvalue weighted by atomic mass is 16.5. The summed E-state index contributed by atoms with van der Waals surface area (Å²) in [5.74, 6) is -0.568. The van der Waals surface area contributed by atoms with Crippen LogP contribution in [0, 0.1) is 11.3 Å². The van der Waals surface area contributed by atoms with Crippen molar-refractivity contribution in [3.63, 3.8) is 0 Å². The lowest BCUT2D eigenvalue weighted by Gasteiger charge is -2.41. The number of hydrogen-bond acceptors (Lipinski definition) is 7. The Morgan fingerprint density at radius 2 is 1.78 bits per heavy atom. The lowest BCUT2D eigenvalue weighted by Crippen LogP contribution is -2.58. The number of ether oxygens (including phenoxy) is 1. The zero-order valence-corrected chi connectivity index (χ0v) is 20.4. The Morgan fingerprint density at radius 3 is 2.38 bits per heavy atom. The van der Waals surface area contributed by atoms with E-state index >= 15 is 0 Å². The van der Waals surface area contributed by atoms with E-state index in [0.29, 0.717) is 32.6 Å². The number of nitrogens with zero attached hydrogens (tertiary/aromatic N) is 2. The monoisotopic (exact) mass is 454 g/mol. The maximum absolute atomic E-state index is 12.7. The first kappa shape index (κ1) is 28.0. The molecule has 1 saturated heterocycles. The van der Waals surface area contributed by atoms with E-state index in [0.717, 1.165) is 12.8 Å². The SMILES string of the molecule is CC(C)C(=O)OCC1CN(C(=O)CCNC(=O)CCCCN)CCN1CC(=O)C(C)(C)C. The number of unbranched alkanes of at least 4 members (excludes halogenated alkanes) is 1. The molecule has 3 N–H and O–H groups in total. The molecule has 0 aromatic heterocycles. The van der Waals surface area contributed by atoms with Crippen LogP contribution in [0.4, 0.5) is 0 Å². The number of nitrogens with one attached hydrogen (secondary N) is 1. The Hall–Kier alpha value is -2.00. The molecule has 1 aliphatic heterocycles. The minimum atomic E-state index is -0.464. The number of piperazine rings is 1. The second-order valence-electron chi connectivity index (χ2n) is 9.77. The number of carbonyl (C=O) groups is 4. The lowest BCUT2D eigenvalue weighted by atomic mass is 9.90. The van der Waals surface area contributed by atoms with Crippen molar-refractivity contribution >= 4 is 23.6 Å². The normalized spacial score (nSPS) is 17.3. The number of Topliss-reactive ketones (excluding diaryl/α,β-unsaturated/α-hetero) is 1. The Labute approximate surface area is 192 Å². The van der Waals surface area contributed by atoms with Gasteiger partial charge in [0, 0.05) is 44.4 Å². The minimum Gasteiger partial charge on any atom is -0.464 e. The largest absolute Gasteiger partial charge is 0.464 e. The van der Waals surface area contributed by atoms with E-state index in [1.807, 2.05) is 25.7 Å². The van der Waals surface area contributed by atoms with Crippen LogP contribution < -0.4 is 11.1 Å². The summed E-state index contributed by atoms with van der Waals surface area (Å²) in [5.41, 5.74) is 4.96. The number of ketones is 1. The van der Waals surface area contributed by atoms with Crippen molar-refractivity contribution in [3.8, 4) is 0 Å². The smallest absolute Gasteiger partial charge is 0.308 e. The second-order valence-corrected chi connectivity index (χ2v) is 9.77. The maximum atomic E-state index is 12.7. The second kappa shape index (κ2) is 13.5. The van der Waals surface area contributed by atoms with Crippen LogP contribution in [0.3, 0.4) is 0 Å². The van der Waals surface area contributed by atoms with Gasteiger partial charge in [-0.2, -0.15) is 0 Å². The van der Waals surface area contributed by atoms with Gasteiger partial charge in [-0.1, -0.05) is 34.6 Å². The molecular weight excluding hydrogens is 412 g/mol. The molecule has 9 nitrogen and oxygen atoms in total. The lowest BCUT2D eigenvalue weighted by molar-refractivity contribution is -0.151. The molecule has 1 fully saturated rings. The van der Waals surface area contributed by atoms with Crippen molar-refractivity contribution in [3.05, 3.63) is 0 Å². The van der Waals surface area contributed by atoms with Gasteiger partial charge in [0.2, 0.25) is 11.8 Å². The average Bonchev–Trinajstić information content (AvgIpc) is 2.71. The van der Waals surface area contributed by atoms with Crippen molar-refractivity contribution in [2.75, 3.05) is 45.9 Å². The molecule has 0 radical (unpaired) electrons. The van der Waals surface area contributed by atoms with Crippen LogP contribution in [0.15, 0.2) is 0 Å². The highest BCUT2D eigenvalue weighted by Crippen LogP contribution is 2.19. The number of nitrogens with two attached hydrogens (primary N) is 1. The third kappa shape index (κ3) is 10.1. The molecule has 0 saturated carbocycles. The van der Waals surface area contributed by atoms with Gasteiger partial charge in [0.15, 0.2) is 5.78 Å². The van der Waals surface area contributed by atoms with Gasteiger partial charge in [0.05, 0.1) is 18.5 Å². The minimum absolute atomic E-state index is 0.0609. The first-order valence-corrected chi connectivity index (χ1v) is 11.6. The fourth-order valence-corrected chi connectivity index (χ4v) is 3.24. The fourth-order valence-electron chi connectivity index (χ4n) is 3.24. The highest BCUT2D eigenvalue weighted by molar-refractivity contribution is 5.85. The molecule has 0 spiro atoms. The molecule has 1 heterocycles. The predicted molar refractivity (Wildman–Crippen MR) is 123 cm³/mol. The Balaban J connectivity index is 2.63. The maximum Gasteiger partial charge on any atom is 0.308 e. The van der Waals surface area contributed by atoms with Gasteiger partial charge in [0.1, 0.15) is 6.61 Å². The van der Waals surface area contributed by atoms with E-state index in [-0.39, 0.29) is 61.6 Å². The van der Waals surface area contributed by atoms with Gasteiger partial charge in [-0.05, 0) is 19.4 Å². The van der Waals surface area contributed by atoms with Crippen molar-refractivity contribution in [2.45, 2.75) is 66.3 Å². The van der Waals surface area contributed by atoms with Crippen LogP contribution >= 0.6 is 0 Å². The molecule has 1 rings (SSSR count). The number of amides is 2. The summed E-state index contributed by atoms with van der Waals surface area (Å²) in [4.78, 5) is 52.7. The summed E-state index contributed by atoms with van der Waals surface area (Å²) in [6.45, 7) is 11.8. The highest BCUT2D eigenvalue weighted by Gasteiger charge is 2.33. The van der Waals surface area contributed by atoms with Crippen molar-refractivity contribution in [1.29, 1.82) is 0 Å². The summed E-state index contributed by atoms with van der Waals surface area (Å²) in [5, 5.41) is 2.78. The predicted octanol–water partition coefficient (Wildman–Crippen LogP) is 0.949. The van der Waals surface area contributed by atoms with E-state index < -0.39 is 5.41 Å². The molecule has 0 aromatic carbocycles. The molecule has 0 aromatic rings. The van der Waals surface area contributed by atoms with E-state index in [4.69, 9.17) is 10.5 Å². The van der Waals surface area contributed by atoms with Crippen molar-refractivity contribution < 1.29 is 23.9 Å². The molecule has 184 valence electrons. The van der Waals surface area contributed by atoms with Crippen LogP contribution in [-0.4, -0.2) is 85.3 Å². The molecule has 32 heavy (non-hydrogen) atoms. The van der Waals surface area contributed by atoms with Crippen LogP contribution in [0.1, 0.15) is 60.3 Å². The van der Waals surface area contributed by atoms with E-state index in [1.54, 1.807) is 18.7 Å². The van der Waals surface area contributed by atoms with Gasteiger partial charge in [0.25, 0.3) is 0 Å². The Bertz CT molecular complexity index is 645. The number of carbonyl (C=O) groups excluding carboxylic acids is 4. The number of hydrogen-bond donors (Lipinski definition) is 2. The molecule has 9 heteroatoms. The van der Waals surface area contributed by atoms with Crippen LogP contribution in [0.5, 0.6) is 0 Å². The topological polar surface area (TPSA) is 122 Å². The van der Waals surface area contributed by atoms with Gasteiger partial charge in [-0.3, -0.25) is 24.1 Å². The van der Waals surface area contributed by atoms with Crippen LogP contribution in [-0.2, 0) is 23.9 Å². The quantitative estimate of drug-likeness (QED) is 0.332. The fraction of sp³-hybridized carbons (Fsp3) is 0.826. The van der Waals surface area contributed by atoms with Gasteiger partial charge in [-0.15, -0.1) is 0 Å². The summed E-state index contributed by atoms with van der Waals surface area (Å²) < 4.78 is 5.43. The zero-order chi connectivity index (χ0) is 24.3. The Kier molecular flexibility index (Phi) is 11.8. The van der Waals surface area contributed by atoms with Crippen molar-refractivity contribution in [1.82, 2.24) is 15.1 Å². The standard InChI is InChI=1S/C23H42N4O5/c1-17(2)22(31)32-16-18-14-27(13-12-26(18)15-19(28)23(3,4)5)21(30)9-11-25-20(29)8-6-7-10-24/h17-18H,6-16,24H2,1-5H3,(H,25,29). The molecule has 0 bridgehead atoms. The molecule has 1 atom stereocenters. The number of esters is 1. The Morgan fingerprint density at radius 1 is 1.09 bits per heavy atom. The van der Waals surface area contributed by atoms with Gasteiger partial charge < -0.3 is 20.7 Å². The first-order valence-electron chi connectivity index (χ1n) is 11.6.